The molecule has 22 heavy (non-hydrogen) atoms. The molecular formula is C16H17ClN4O. The van der Waals surface area contributed by atoms with Crippen LogP contribution >= 0.6 is 11.6 Å². The fourth-order valence-corrected chi connectivity index (χ4v) is 3.49. The van der Waals surface area contributed by atoms with Crippen LogP contribution in [0.3, 0.4) is 0 Å². The Morgan fingerprint density at radius 1 is 1.18 bits per heavy atom. The predicted molar refractivity (Wildman–Crippen MR) is 84.9 cm³/mol. The third-order valence-electron chi connectivity index (χ3n) is 4.36. The van der Waals surface area contributed by atoms with Crippen molar-refractivity contribution in [2.75, 3.05) is 0 Å². The molecule has 0 spiro atoms. The van der Waals surface area contributed by atoms with E-state index in [0.29, 0.717) is 11.9 Å². The molecule has 0 saturated heterocycles. The minimum absolute atomic E-state index is 0.281. The van der Waals surface area contributed by atoms with Gasteiger partial charge in [-0.15, -0.1) is 0 Å². The lowest BCUT2D eigenvalue weighted by molar-refractivity contribution is 0.360. The standard InChI is InChI=1S/C16H17ClN4O/c1-10-18-9-14(22-10)13-7-11-8-19-16(17)20-15(11)21(13)12-5-3-2-4-6-12/h7-9,12H,2-6H2,1H3. The molecule has 0 amide bonds. The van der Waals surface area contributed by atoms with Crippen molar-refractivity contribution in [3.05, 3.63) is 29.6 Å². The first-order valence-electron chi connectivity index (χ1n) is 7.68. The highest BCUT2D eigenvalue weighted by Gasteiger charge is 2.23. The van der Waals surface area contributed by atoms with Crippen LogP contribution in [-0.2, 0) is 0 Å². The predicted octanol–water partition coefficient (Wildman–Crippen LogP) is 4.55. The summed E-state index contributed by atoms with van der Waals surface area (Å²) in [7, 11) is 0. The Bertz CT molecular complexity index is 817. The summed E-state index contributed by atoms with van der Waals surface area (Å²) in [6, 6.07) is 2.50. The minimum Gasteiger partial charge on any atom is -0.439 e. The molecular weight excluding hydrogens is 300 g/mol. The highest BCUT2D eigenvalue weighted by Crippen LogP contribution is 2.37. The highest BCUT2D eigenvalue weighted by atomic mass is 35.5. The lowest BCUT2D eigenvalue weighted by atomic mass is 9.95. The normalized spacial score (nSPS) is 16.5. The second-order valence-electron chi connectivity index (χ2n) is 5.85. The van der Waals surface area contributed by atoms with E-state index >= 15 is 0 Å². The van der Waals surface area contributed by atoms with Gasteiger partial charge in [-0.3, -0.25) is 0 Å². The summed E-state index contributed by atoms with van der Waals surface area (Å²) in [4.78, 5) is 12.8. The van der Waals surface area contributed by atoms with Crippen molar-refractivity contribution in [2.45, 2.75) is 45.1 Å². The molecule has 0 aromatic carbocycles. The lowest BCUT2D eigenvalue weighted by Crippen LogP contribution is -2.14. The second kappa shape index (κ2) is 5.39. The fraction of sp³-hybridized carbons (Fsp3) is 0.438. The third-order valence-corrected chi connectivity index (χ3v) is 4.54. The van der Waals surface area contributed by atoms with Gasteiger partial charge in [-0.05, 0) is 30.5 Å². The zero-order chi connectivity index (χ0) is 15.1. The van der Waals surface area contributed by atoms with E-state index in [1.807, 2.05) is 6.92 Å². The van der Waals surface area contributed by atoms with Gasteiger partial charge in [0.05, 0.1) is 11.9 Å². The van der Waals surface area contributed by atoms with E-state index in [2.05, 4.69) is 25.6 Å². The van der Waals surface area contributed by atoms with Crippen LogP contribution < -0.4 is 0 Å². The number of hydrogen-bond donors (Lipinski definition) is 0. The zero-order valence-corrected chi connectivity index (χ0v) is 13.2. The summed E-state index contributed by atoms with van der Waals surface area (Å²) in [6.45, 7) is 1.85. The highest BCUT2D eigenvalue weighted by molar-refractivity contribution is 6.28. The van der Waals surface area contributed by atoms with Crippen LogP contribution in [0.15, 0.2) is 22.9 Å². The molecule has 3 aromatic heterocycles. The first kappa shape index (κ1) is 13.8. The first-order chi connectivity index (χ1) is 10.7. The van der Waals surface area contributed by atoms with Crippen LogP contribution in [0.1, 0.15) is 44.0 Å². The van der Waals surface area contributed by atoms with E-state index < -0.39 is 0 Å². The zero-order valence-electron chi connectivity index (χ0n) is 12.4. The van der Waals surface area contributed by atoms with Gasteiger partial charge in [0.2, 0.25) is 5.28 Å². The molecule has 0 N–H and O–H groups in total. The summed E-state index contributed by atoms with van der Waals surface area (Å²) < 4.78 is 8.01. The Kier molecular flexibility index (Phi) is 3.37. The van der Waals surface area contributed by atoms with Crippen LogP contribution in [0.2, 0.25) is 5.28 Å². The van der Waals surface area contributed by atoms with Gasteiger partial charge in [0.1, 0.15) is 5.65 Å². The Morgan fingerprint density at radius 2 is 2.00 bits per heavy atom. The van der Waals surface area contributed by atoms with E-state index in [-0.39, 0.29) is 5.28 Å². The van der Waals surface area contributed by atoms with Crippen LogP contribution in [0.4, 0.5) is 0 Å². The number of halogens is 1. The SMILES string of the molecule is Cc1ncc(-c2cc3cnc(Cl)nc3n2C2CCCCC2)o1. The van der Waals surface area contributed by atoms with E-state index in [0.717, 1.165) is 35.3 Å². The van der Waals surface area contributed by atoms with E-state index in [4.69, 9.17) is 16.0 Å². The van der Waals surface area contributed by atoms with Crippen molar-refractivity contribution in [1.29, 1.82) is 0 Å². The van der Waals surface area contributed by atoms with Crippen LogP contribution in [-0.4, -0.2) is 19.5 Å². The van der Waals surface area contributed by atoms with Gasteiger partial charge in [-0.2, -0.15) is 4.98 Å². The average Bonchev–Trinajstić information content (AvgIpc) is 3.11. The summed E-state index contributed by atoms with van der Waals surface area (Å²) in [5.41, 5.74) is 1.90. The van der Waals surface area contributed by atoms with E-state index in [1.54, 1.807) is 12.4 Å². The molecule has 4 rings (SSSR count). The van der Waals surface area contributed by atoms with Gasteiger partial charge in [-0.1, -0.05) is 19.3 Å². The largest absolute Gasteiger partial charge is 0.439 e. The summed E-state index contributed by atoms with van der Waals surface area (Å²) in [5.74, 6) is 1.44. The number of aryl methyl sites for hydroxylation is 1. The van der Waals surface area contributed by atoms with Crippen molar-refractivity contribution in [1.82, 2.24) is 19.5 Å². The Labute approximate surface area is 133 Å². The maximum absolute atomic E-state index is 6.02. The maximum Gasteiger partial charge on any atom is 0.224 e. The molecule has 5 nitrogen and oxygen atoms in total. The smallest absolute Gasteiger partial charge is 0.224 e. The van der Waals surface area contributed by atoms with Crippen LogP contribution in [0.25, 0.3) is 22.5 Å². The Balaban J connectivity index is 1.94. The number of nitrogens with zero attached hydrogens (tertiary/aromatic N) is 4. The van der Waals surface area contributed by atoms with Gasteiger partial charge >= 0.3 is 0 Å². The molecule has 0 bridgehead atoms. The molecule has 0 atom stereocenters. The molecule has 1 aliphatic rings. The Morgan fingerprint density at radius 3 is 2.73 bits per heavy atom. The number of aromatic nitrogens is 4. The lowest BCUT2D eigenvalue weighted by Gasteiger charge is -2.25. The van der Waals surface area contributed by atoms with Gasteiger partial charge in [0, 0.05) is 24.5 Å². The first-order valence-corrected chi connectivity index (χ1v) is 8.06. The maximum atomic E-state index is 6.02. The van der Waals surface area contributed by atoms with Gasteiger partial charge in [-0.25, -0.2) is 9.97 Å². The van der Waals surface area contributed by atoms with Crippen molar-refractivity contribution < 1.29 is 4.42 Å². The molecule has 1 aliphatic carbocycles. The molecule has 6 heteroatoms. The summed E-state index contributed by atoms with van der Waals surface area (Å²) in [6.07, 6.45) is 9.67. The number of fused-ring (bicyclic) bond motifs is 1. The van der Waals surface area contributed by atoms with Crippen LogP contribution in [0.5, 0.6) is 0 Å². The van der Waals surface area contributed by atoms with Crippen molar-refractivity contribution >= 4 is 22.6 Å². The van der Waals surface area contributed by atoms with Gasteiger partial charge < -0.3 is 8.98 Å². The number of oxazole rings is 1. The van der Waals surface area contributed by atoms with Gasteiger partial charge in [0.15, 0.2) is 11.7 Å². The quantitative estimate of drug-likeness (QED) is 0.651. The van der Waals surface area contributed by atoms with E-state index in [9.17, 15) is 0 Å². The molecule has 1 fully saturated rings. The molecule has 0 unspecified atom stereocenters. The van der Waals surface area contributed by atoms with Crippen LogP contribution in [0, 0.1) is 6.92 Å². The van der Waals surface area contributed by atoms with E-state index in [1.165, 1.54) is 19.3 Å². The third kappa shape index (κ3) is 2.29. The minimum atomic E-state index is 0.281. The van der Waals surface area contributed by atoms with Crippen molar-refractivity contribution in [3.8, 4) is 11.5 Å². The molecule has 3 aromatic rings. The molecule has 0 aliphatic heterocycles. The molecule has 114 valence electrons. The van der Waals surface area contributed by atoms with Crippen molar-refractivity contribution in [3.63, 3.8) is 0 Å². The number of rotatable bonds is 2. The topological polar surface area (TPSA) is 56.7 Å². The molecule has 0 radical (unpaired) electrons. The van der Waals surface area contributed by atoms with Gasteiger partial charge in [0.25, 0.3) is 0 Å². The second-order valence-corrected chi connectivity index (χ2v) is 6.19. The number of hydrogen-bond acceptors (Lipinski definition) is 4. The molecule has 1 saturated carbocycles. The average molecular weight is 317 g/mol. The summed E-state index contributed by atoms with van der Waals surface area (Å²) >= 11 is 6.02. The molecule has 3 heterocycles. The Hall–Kier alpha value is -1.88. The monoisotopic (exact) mass is 316 g/mol. The fourth-order valence-electron chi connectivity index (χ4n) is 3.37. The summed E-state index contributed by atoms with van der Waals surface area (Å²) in [5, 5.41) is 1.27. The van der Waals surface area contributed by atoms with Crippen molar-refractivity contribution in [2.24, 2.45) is 0 Å².